The summed E-state index contributed by atoms with van der Waals surface area (Å²) in [4.78, 5) is 30.1. The van der Waals surface area contributed by atoms with E-state index in [0.717, 1.165) is 38.8 Å². The highest BCUT2D eigenvalue weighted by Crippen LogP contribution is 2.18. The number of rotatable bonds is 11. The molecule has 1 fully saturated rings. The van der Waals surface area contributed by atoms with Crippen LogP contribution >= 0.6 is 0 Å². The van der Waals surface area contributed by atoms with E-state index in [2.05, 4.69) is 27.3 Å². The third-order valence-electron chi connectivity index (χ3n) is 4.98. The molecule has 8 nitrogen and oxygen atoms in total. The lowest BCUT2D eigenvalue weighted by Crippen LogP contribution is -2.49. The first-order valence-corrected chi connectivity index (χ1v) is 9.84. The quantitative estimate of drug-likeness (QED) is 0.250. The summed E-state index contributed by atoms with van der Waals surface area (Å²) >= 11 is 0. The van der Waals surface area contributed by atoms with E-state index >= 15 is 0 Å². The number of hydrogen-bond donors (Lipinski definition) is 4. The zero-order chi connectivity index (χ0) is 20.4. The molecule has 0 aliphatic carbocycles. The third-order valence-corrected chi connectivity index (χ3v) is 4.98. The molecule has 154 valence electrons. The highest BCUT2D eigenvalue weighted by molar-refractivity contribution is 5.87. The van der Waals surface area contributed by atoms with E-state index in [1.807, 2.05) is 18.2 Å². The molecule has 28 heavy (non-hydrogen) atoms. The van der Waals surface area contributed by atoms with Crippen LogP contribution in [0.15, 0.2) is 35.3 Å². The number of nitrogens with two attached hydrogens (primary N) is 2. The standard InChI is InChI=1S/C20H31N5O3/c21-20(22)23-12-4-10-16(19(27)28)24-18(26)17-11-6-14-25(17)13-5-9-15-7-2-1-3-8-15/h1-3,7-8,16-17H,4-6,9-14H2,(H,24,26)(H,27,28)(H4,21,22,23)/t16-,17-/m0/s1. The average molecular weight is 390 g/mol. The van der Waals surface area contributed by atoms with E-state index in [4.69, 9.17) is 11.5 Å². The van der Waals surface area contributed by atoms with Crippen molar-refractivity contribution in [1.29, 1.82) is 0 Å². The smallest absolute Gasteiger partial charge is 0.326 e. The lowest BCUT2D eigenvalue weighted by molar-refractivity contribution is -0.142. The Morgan fingerprint density at radius 1 is 1.25 bits per heavy atom. The van der Waals surface area contributed by atoms with Crippen LogP contribution < -0.4 is 16.8 Å². The first-order chi connectivity index (χ1) is 13.5. The number of carboxylic acids is 1. The third kappa shape index (κ3) is 7.19. The SMILES string of the molecule is NC(N)=NCCC[C@H](NC(=O)[C@@H]1CCCN1CCCc1ccccc1)C(=O)O. The zero-order valence-electron chi connectivity index (χ0n) is 16.2. The maximum atomic E-state index is 12.7. The topological polar surface area (TPSA) is 134 Å². The second kappa shape index (κ2) is 11.3. The number of hydrogen-bond acceptors (Lipinski definition) is 4. The number of amides is 1. The van der Waals surface area contributed by atoms with Gasteiger partial charge in [-0.25, -0.2) is 4.79 Å². The van der Waals surface area contributed by atoms with E-state index in [9.17, 15) is 14.7 Å². The Kier molecular flexibility index (Phi) is 8.74. The number of carbonyl (C=O) groups excluding carboxylic acids is 1. The number of nitrogens with zero attached hydrogens (tertiary/aromatic N) is 2. The summed E-state index contributed by atoms with van der Waals surface area (Å²) in [6.45, 7) is 2.04. The number of guanidine groups is 1. The Hall–Kier alpha value is -2.61. The summed E-state index contributed by atoms with van der Waals surface area (Å²) < 4.78 is 0. The van der Waals surface area contributed by atoms with Crippen LogP contribution in [0.2, 0.25) is 0 Å². The van der Waals surface area contributed by atoms with Gasteiger partial charge < -0.3 is 21.9 Å². The van der Waals surface area contributed by atoms with Gasteiger partial charge in [0.2, 0.25) is 5.91 Å². The molecule has 1 saturated heterocycles. The van der Waals surface area contributed by atoms with Crippen LogP contribution in [-0.4, -0.2) is 59.6 Å². The first kappa shape index (κ1) is 21.7. The molecule has 6 N–H and O–H groups in total. The molecule has 8 heteroatoms. The van der Waals surface area contributed by atoms with E-state index < -0.39 is 12.0 Å². The second-order valence-electron chi connectivity index (χ2n) is 7.13. The number of aliphatic carboxylic acids is 1. The Morgan fingerprint density at radius 3 is 2.68 bits per heavy atom. The number of benzene rings is 1. The van der Waals surface area contributed by atoms with Crippen molar-refractivity contribution < 1.29 is 14.7 Å². The Bertz CT molecular complexity index is 661. The van der Waals surface area contributed by atoms with Gasteiger partial charge in [0.15, 0.2) is 5.96 Å². The minimum Gasteiger partial charge on any atom is -0.480 e. The van der Waals surface area contributed by atoms with E-state index in [1.165, 1.54) is 5.56 Å². The number of likely N-dealkylation sites (tertiary alicyclic amines) is 1. The summed E-state index contributed by atoms with van der Waals surface area (Å²) in [5.74, 6) is -1.26. The molecule has 1 amide bonds. The Labute approximate surface area is 166 Å². The number of carbonyl (C=O) groups is 2. The number of nitrogens with one attached hydrogen (secondary N) is 1. The highest BCUT2D eigenvalue weighted by Gasteiger charge is 2.32. The molecular weight excluding hydrogens is 358 g/mol. The van der Waals surface area contributed by atoms with Crippen LogP contribution in [0, 0.1) is 0 Å². The van der Waals surface area contributed by atoms with Crippen LogP contribution in [0.3, 0.4) is 0 Å². The van der Waals surface area contributed by atoms with Gasteiger partial charge in [-0.15, -0.1) is 0 Å². The molecule has 0 aromatic heterocycles. The number of aliphatic imine (C=N–C) groups is 1. The fraction of sp³-hybridized carbons (Fsp3) is 0.550. The highest BCUT2D eigenvalue weighted by atomic mass is 16.4. The monoisotopic (exact) mass is 389 g/mol. The summed E-state index contributed by atoms with van der Waals surface area (Å²) in [6.07, 6.45) is 4.42. The molecule has 1 aliphatic heterocycles. The van der Waals surface area contributed by atoms with Gasteiger partial charge in [-0.05, 0) is 57.2 Å². The zero-order valence-corrected chi connectivity index (χ0v) is 16.2. The fourth-order valence-corrected chi connectivity index (χ4v) is 3.55. The molecule has 0 saturated carbocycles. The van der Waals surface area contributed by atoms with Crippen molar-refractivity contribution in [2.45, 2.75) is 50.6 Å². The fourth-order valence-electron chi connectivity index (χ4n) is 3.55. The van der Waals surface area contributed by atoms with Crippen LogP contribution in [0.1, 0.15) is 37.7 Å². The largest absolute Gasteiger partial charge is 0.480 e. The van der Waals surface area contributed by atoms with Gasteiger partial charge >= 0.3 is 5.97 Å². The molecule has 0 spiro atoms. The van der Waals surface area contributed by atoms with Crippen molar-refractivity contribution in [3.63, 3.8) is 0 Å². The van der Waals surface area contributed by atoms with Crippen molar-refractivity contribution >= 4 is 17.8 Å². The average Bonchev–Trinajstić information content (AvgIpc) is 3.13. The molecule has 1 aromatic rings. The summed E-state index contributed by atoms with van der Waals surface area (Å²) in [6, 6.07) is 9.09. The molecule has 1 aliphatic rings. The van der Waals surface area contributed by atoms with Crippen LogP contribution in [0.25, 0.3) is 0 Å². The predicted molar refractivity (Wildman–Crippen MR) is 109 cm³/mol. The van der Waals surface area contributed by atoms with Gasteiger partial charge in [0.05, 0.1) is 6.04 Å². The van der Waals surface area contributed by atoms with Crippen molar-refractivity contribution in [2.24, 2.45) is 16.5 Å². The summed E-state index contributed by atoms with van der Waals surface area (Å²) in [5, 5.41) is 12.1. The van der Waals surface area contributed by atoms with Crippen molar-refractivity contribution in [2.75, 3.05) is 19.6 Å². The Morgan fingerprint density at radius 2 is 2.00 bits per heavy atom. The predicted octanol–water partition coefficient (Wildman–Crippen LogP) is 0.707. The lowest BCUT2D eigenvalue weighted by Gasteiger charge is -2.25. The van der Waals surface area contributed by atoms with Crippen LogP contribution in [0.4, 0.5) is 0 Å². The summed E-state index contributed by atoms with van der Waals surface area (Å²) in [5.41, 5.74) is 11.8. The minimum absolute atomic E-state index is 0.0204. The number of aryl methyl sites for hydroxylation is 1. The summed E-state index contributed by atoms with van der Waals surface area (Å²) in [7, 11) is 0. The van der Waals surface area contributed by atoms with Gasteiger partial charge in [0.25, 0.3) is 0 Å². The van der Waals surface area contributed by atoms with Crippen molar-refractivity contribution in [1.82, 2.24) is 10.2 Å². The molecule has 2 rings (SSSR count). The molecule has 0 bridgehead atoms. The van der Waals surface area contributed by atoms with Gasteiger partial charge in [0.1, 0.15) is 6.04 Å². The van der Waals surface area contributed by atoms with Gasteiger partial charge in [0, 0.05) is 6.54 Å². The van der Waals surface area contributed by atoms with E-state index in [-0.39, 0.29) is 17.9 Å². The Balaban J connectivity index is 1.80. The maximum absolute atomic E-state index is 12.7. The van der Waals surface area contributed by atoms with Crippen molar-refractivity contribution in [3.05, 3.63) is 35.9 Å². The molecule has 1 heterocycles. The normalized spacial score (nSPS) is 17.8. The lowest BCUT2D eigenvalue weighted by atomic mass is 10.1. The van der Waals surface area contributed by atoms with Crippen LogP contribution in [0.5, 0.6) is 0 Å². The molecular formula is C20H31N5O3. The number of carboxylic acid groups (broad SMARTS) is 1. The molecule has 0 radical (unpaired) electrons. The maximum Gasteiger partial charge on any atom is 0.326 e. The van der Waals surface area contributed by atoms with E-state index in [1.54, 1.807) is 0 Å². The molecule has 1 aromatic carbocycles. The van der Waals surface area contributed by atoms with Crippen LogP contribution in [-0.2, 0) is 16.0 Å². The molecule has 0 unspecified atom stereocenters. The van der Waals surface area contributed by atoms with Gasteiger partial charge in [-0.2, -0.15) is 0 Å². The minimum atomic E-state index is -1.04. The van der Waals surface area contributed by atoms with Gasteiger partial charge in [-0.1, -0.05) is 30.3 Å². The van der Waals surface area contributed by atoms with E-state index in [0.29, 0.717) is 19.4 Å². The van der Waals surface area contributed by atoms with Gasteiger partial charge in [-0.3, -0.25) is 14.7 Å². The molecule has 2 atom stereocenters. The van der Waals surface area contributed by atoms with Crippen molar-refractivity contribution in [3.8, 4) is 0 Å². The first-order valence-electron chi connectivity index (χ1n) is 9.84. The second-order valence-corrected chi connectivity index (χ2v) is 7.13.